The van der Waals surface area contributed by atoms with Crippen molar-refractivity contribution < 1.29 is 0 Å². The van der Waals surface area contributed by atoms with E-state index in [1.807, 2.05) is 6.20 Å². The van der Waals surface area contributed by atoms with E-state index in [2.05, 4.69) is 53.2 Å². The summed E-state index contributed by atoms with van der Waals surface area (Å²) in [4.78, 5) is 4.66. The number of imidazole rings is 1. The molecule has 0 bridgehead atoms. The number of aromatic nitrogens is 2. The SMILES string of the molecule is CC1C=C(c2ccsc2)c2ncc(CC(C)(C)N)n2C1. The van der Waals surface area contributed by atoms with E-state index < -0.39 is 0 Å². The number of nitrogens with zero attached hydrogens (tertiary/aromatic N) is 2. The molecule has 20 heavy (non-hydrogen) atoms. The van der Waals surface area contributed by atoms with Crippen LogP contribution < -0.4 is 5.73 Å². The lowest BCUT2D eigenvalue weighted by atomic mass is 9.97. The van der Waals surface area contributed by atoms with Crippen LogP contribution in [-0.4, -0.2) is 15.1 Å². The van der Waals surface area contributed by atoms with Crippen molar-refractivity contribution in [1.29, 1.82) is 0 Å². The molecule has 3 nitrogen and oxygen atoms in total. The van der Waals surface area contributed by atoms with Gasteiger partial charge in [0.25, 0.3) is 0 Å². The number of allylic oxidation sites excluding steroid dienone is 1. The standard InChI is InChI=1S/C16H21N3S/c1-11-6-14(12-4-5-20-10-12)15-18-8-13(19(15)9-11)7-16(2,3)17/h4-6,8,10-11H,7,9,17H2,1-3H3. The summed E-state index contributed by atoms with van der Waals surface area (Å²) < 4.78 is 2.34. The maximum atomic E-state index is 6.17. The van der Waals surface area contributed by atoms with Gasteiger partial charge in [-0.25, -0.2) is 4.98 Å². The summed E-state index contributed by atoms with van der Waals surface area (Å²) in [6.45, 7) is 7.38. The molecule has 4 heteroatoms. The van der Waals surface area contributed by atoms with Crippen LogP contribution in [0.2, 0.25) is 0 Å². The number of nitrogens with two attached hydrogens (primary N) is 1. The molecule has 3 rings (SSSR count). The third-order valence-corrected chi connectivity index (χ3v) is 4.25. The van der Waals surface area contributed by atoms with Gasteiger partial charge in [-0.3, -0.25) is 0 Å². The van der Waals surface area contributed by atoms with Crippen molar-refractivity contribution in [2.24, 2.45) is 11.7 Å². The highest BCUT2D eigenvalue weighted by atomic mass is 32.1. The van der Waals surface area contributed by atoms with Gasteiger partial charge in [-0.15, -0.1) is 0 Å². The Kier molecular flexibility index (Phi) is 3.30. The molecule has 1 unspecified atom stereocenters. The number of fused-ring (bicyclic) bond motifs is 1. The summed E-state index contributed by atoms with van der Waals surface area (Å²) in [6, 6.07) is 2.17. The number of thiophene rings is 1. The minimum absolute atomic E-state index is 0.205. The van der Waals surface area contributed by atoms with E-state index >= 15 is 0 Å². The first kappa shape index (κ1) is 13.6. The van der Waals surface area contributed by atoms with Crippen LogP contribution in [0.15, 0.2) is 29.1 Å². The molecule has 2 N–H and O–H groups in total. The first-order valence-electron chi connectivity index (χ1n) is 7.02. The molecular weight excluding hydrogens is 266 g/mol. The molecule has 0 saturated carbocycles. The fourth-order valence-electron chi connectivity index (χ4n) is 2.78. The average molecular weight is 287 g/mol. The van der Waals surface area contributed by atoms with Gasteiger partial charge in [-0.05, 0) is 42.2 Å². The number of hydrogen-bond donors (Lipinski definition) is 1. The van der Waals surface area contributed by atoms with Crippen LogP contribution in [-0.2, 0) is 13.0 Å². The minimum atomic E-state index is -0.205. The molecule has 3 heterocycles. The quantitative estimate of drug-likeness (QED) is 0.941. The lowest BCUT2D eigenvalue weighted by Gasteiger charge is -2.25. The molecule has 1 aliphatic heterocycles. The van der Waals surface area contributed by atoms with Crippen LogP contribution in [0.1, 0.15) is 37.9 Å². The zero-order valence-corrected chi connectivity index (χ0v) is 13.1. The Hall–Kier alpha value is -1.39. The van der Waals surface area contributed by atoms with E-state index in [9.17, 15) is 0 Å². The molecule has 0 saturated heterocycles. The van der Waals surface area contributed by atoms with E-state index in [1.54, 1.807) is 11.3 Å². The fraction of sp³-hybridized carbons (Fsp3) is 0.438. The zero-order chi connectivity index (χ0) is 14.3. The topological polar surface area (TPSA) is 43.8 Å². The van der Waals surface area contributed by atoms with Crippen molar-refractivity contribution in [3.63, 3.8) is 0 Å². The van der Waals surface area contributed by atoms with E-state index in [1.165, 1.54) is 16.8 Å². The Morgan fingerprint density at radius 2 is 2.30 bits per heavy atom. The monoisotopic (exact) mass is 287 g/mol. The molecule has 1 atom stereocenters. The number of hydrogen-bond acceptors (Lipinski definition) is 3. The molecule has 2 aromatic rings. The zero-order valence-electron chi connectivity index (χ0n) is 12.3. The van der Waals surface area contributed by atoms with Crippen LogP contribution in [0.5, 0.6) is 0 Å². The highest BCUT2D eigenvalue weighted by Crippen LogP contribution is 2.31. The van der Waals surface area contributed by atoms with Crippen LogP contribution >= 0.6 is 11.3 Å². The lowest BCUT2D eigenvalue weighted by Crippen LogP contribution is -2.35. The van der Waals surface area contributed by atoms with Crippen molar-refractivity contribution in [2.75, 3.05) is 0 Å². The second kappa shape index (κ2) is 4.86. The van der Waals surface area contributed by atoms with Crippen molar-refractivity contribution in [2.45, 2.75) is 39.3 Å². The van der Waals surface area contributed by atoms with Crippen LogP contribution in [0.3, 0.4) is 0 Å². The lowest BCUT2D eigenvalue weighted by molar-refractivity contribution is 0.473. The molecule has 1 aliphatic rings. The first-order chi connectivity index (χ1) is 9.44. The third kappa shape index (κ3) is 2.58. The molecule has 0 radical (unpaired) electrons. The summed E-state index contributed by atoms with van der Waals surface area (Å²) in [5.74, 6) is 1.60. The Bertz CT molecular complexity index is 629. The predicted octanol–water partition coefficient (Wildman–Crippen LogP) is 3.31. The normalized spacial score (nSPS) is 18.8. The molecule has 0 spiro atoms. The van der Waals surface area contributed by atoms with Gasteiger partial charge < -0.3 is 10.3 Å². The second-order valence-corrected chi connectivity index (χ2v) is 7.20. The van der Waals surface area contributed by atoms with E-state index in [0.717, 1.165) is 18.8 Å². The maximum absolute atomic E-state index is 6.17. The minimum Gasteiger partial charge on any atom is -0.327 e. The van der Waals surface area contributed by atoms with Crippen LogP contribution in [0, 0.1) is 5.92 Å². The van der Waals surface area contributed by atoms with Gasteiger partial charge in [0.1, 0.15) is 5.82 Å². The Morgan fingerprint density at radius 1 is 1.50 bits per heavy atom. The van der Waals surface area contributed by atoms with Crippen molar-refractivity contribution in [1.82, 2.24) is 9.55 Å². The molecule has 2 aromatic heterocycles. The summed E-state index contributed by atoms with van der Waals surface area (Å²) in [6.07, 6.45) is 5.17. The van der Waals surface area contributed by atoms with Crippen molar-refractivity contribution >= 4 is 16.9 Å². The molecule has 0 fully saturated rings. The Labute approximate surface area is 124 Å². The highest BCUT2D eigenvalue weighted by Gasteiger charge is 2.24. The summed E-state index contributed by atoms with van der Waals surface area (Å²) in [7, 11) is 0. The molecule has 106 valence electrons. The third-order valence-electron chi connectivity index (χ3n) is 3.57. The van der Waals surface area contributed by atoms with Gasteiger partial charge in [-0.2, -0.15) is 11.3 Å². The first-order valence-corrected chi connectivity index (χ1v) is 7.96. The average Bonchev–Trinajstić information content (AvgIpc) is 2.97. The van der Waals surface area contributed by atoms with Crippen LogP contribution in [0.4, 0.5) is 0 Å². The van der Waals surface area contributed by atoms with Crippen molar-refractivity contribution in [3.05, 3.63) is 46.2 Å². The van der Waals surface area contributed by atoms with Gasteiger partial charge in [0, 0.05) is 36.0 Å². The largest absolute Gasteiger partial charge is 0.327 e. The van der Waals surface area contributed by atoms with Gasteiger partial charge in [-0.1, -0.05) is 13.0 Å². The molecular formula is C16H21N3S. The van der Waals surface area contributed by atoms with Crippen LogP contribution in [0.25, 0.3) is 5.57 Å². The maximum Gasteiger partial charge on any atom is 0.140 e. The van der Waals surface area contributed by atoms with Gasteiger partial charge in [0.05, 0.1) is 0 Å². The molecule has 0 aromatic carbocycles. The van der Waals surface area contributed by atoms with E-state index in [-0.39, 0.29) is 5.54 Å². The number of rotatable bonds is 3. The highest BCUT2D eigenvalue weighted by molar-refractivity contribution is 7.08. The molecule has 0 aliphatic carbocycles. The second-order valence-electron chi connectivity index (χ2n) is 6.42. The van der Waals surface area contributed by atoms with Gasteiger partial charge in [0.15, 0.2) is 0 Å². The van der Waals surface area contributed by atoms with Crippen molar-refractivity contribution in [3.8, 4) is 0 Å². The predicted molar refractivity (Wildman–Crippen MR) is 84.8 cm³/mol. The summed E-state index contributed by atoms with van der Waals surface area (Å²) in [5, 5.41) is 4.31. The van der Waals surface area contributed by atoms with E-state index in [0.29, 0.717) is 5.92 Å². The smallest absolute Gasteiger partial charge is 0.140 e. The summed E-state index contributed by atoms with van der Waals surface area (Å²) >= 11 is 1.73. The Balaban J connectivity index is 2.03. The van der Waals surface area contributed by atoms with E-state index in [4.69, 9.17) is 5.73 Å². The van der Waals surface area contributed by atoms with Gasteiger partial charge in [0.2, 0.25) is 0 Å². The fourth-order valence-corrected chi connectivity index (χ4v) is 3.44. The Morgan fingerprint density at radius 3 is 2.95 bits per heavy atom. The molecule has 0 amide bonds. The summed E-state index contributed by atoms with van der Waals surface area (Å²) in [5.41, 5.74) is 9.73. The van der Waals surface area contributed by atoms with Gasteiger partial charge >= 0.3 is 0 Å².